The van der Waals surface area contributed by atoms with Gasteiger partial charge >= 0.3 is 6.09 Å². The first kappa shape index (κ1) is 18.5. The first-order chi connectivity index (χ1) is 10.7. The van der Waals surface area contributed by atoms with Crippen LogP contribution in [0.25, 0.3) is 0 Å². The van der Waals surface area contributed by atoms with Crippen molar-refractivity contribution in [1.29, 1.82) is 0 Å². The molecular formula is C18H35N3O2. The molecule has 1 heterocycles. The minimum Gasteiger partial charge on any atom is -0.444 e. The van der Waals surface area contributed by atoms with Gasteiger partial charge in [0.25, 0.3) is 0 Å². The molecule has 2 unspecified atom stereocenters. The van der Waals surface area contributed by atoms with Crippen molar-refractivity contribution >= 4 is 6.09 Å². The molecule has 0 aromatic rings. The summed E-state index contributed by atoms with van der Waals surface area (Å²) < 4.78 is 5.42. The molecule has 0 spiro atoms. The van der Waals surface area contributed by atoms with Crippen LogP contribution in [0.5, 0.6) is 0 Å². The Hall–Kier alpha value is -0.810. The fourth-order valence-electron chi connectivity index (χ4n) is 3.61. The van der Waals surface area contributed by atoms with E-state index in [-0.39, 0.29) is 11.6 Å². The van der Waals surface area contributed by atoms with Crippen LogP contribution in [0.15, 0.2) is 0 Å². The number of alkyl carbamates (subject to hydrolysis) is 1. The van der Waals surface area contributed by atoms with Crippen molar-refractivity contribution in [3.8, 4) is 0 Å². The molecule has 2 fully saturated rings. The van der Waals surface area contributed by atoms with Crippen molar-refractivity contribution in [2.75, 3.05) is 26.7 Å². The molecule has 5 heteroatoms. The first-order valence-corrected chi connectivity index (χ1v) is 9.12. The Kier molecular flexibility index (Phi) is 5.95. The predicted octanol–water partition coefficient (Wildman–Crippen LogP) is 2.75. The number of likely N-dealkylation sites (tertiary alicyclic amines) is 1. The average Bonchev–Trinajstić information content (AvgIpc) is 2.39. The Bertz CT molecular complexity index is 402. The van der Waals surface area contributed by atoms with Crippen molar-refractivity contribution < 1.29 is 9.53 Å². The highest BCUT2D eigenvalue weighted by molar-refractivity contribution is 5.69. The van der Waals surface area contributed by atoms with Crippen molar-refractivity contribution in [1.82, 2.24) is 15.5 Å². The maximum atomic E-state index is 12.1. The summed E-state index contributed by atoms with van der Waals surface area (Å²) >= 11 is 0. The van der Waals surface area contributed by atoms with Crippen LogP contribution in [-0.4, -0.2) is 54.9 Å². The molecule has 5 nitrogen and oxygen atoms in total. The van der Waals surface area contributed by atoms with Gasteiger partial charge in [0, 0.05) is 19.1 Å². The summed E-state index contributed by atoms with van der Waals surface area (Å²) in [5.41, 5.74) is -0.556. The van der Waals surface area contributed by atoms with E-state index in [0.717, 1.165) is 19.4 Å². The van der Waals surface area contributed by atoms with Crippen LogP contribution in [-0.2, 0) is 4.74 Å². The summed E-state index contributed by atoms with van der Waals surface area (Å²) in [6.07, 6.45) is 5.55. The minimum atomic E-state index is -0.442. The molecule has 1 aliphatic carbocycles. The van der Waals surface area contributed by atoms with Crippen molar-refractivity contribution in [2.45, 2.75) is 77.0 Å². The smallest absolute Gasteiger partial charge is 0.408 e. The van der Waals surface area contributed by atoms with E-state index < -0.39 is 5.60 Å². The van der Waals surface area contributed by atoms with Gasteiger partial charge in [-0.1, -0.05) is 0 Å². The molecule has 23 heavy (non-hydrogen) atoms. The number of amides is 1. The molecule has 1 saturated heterocycles. The summed E-state index contributed by atoms with van der Waals surface area (Å²) in [6, 6.07) is 0.482. The topological polar surface area (TPSA) is 53.6 Å². The highest BCUT2D eigenvalue weighted by atomic mass is 16.6. The lowest BCUT2D eigenvalue weighted by Gasteiger charge is -2.44. The Labute approximate surface area is 141 Å². The highest BCUT2D eigenvalue weighted by Crippen LogP contribution is 2.32. The van der Waals surface area contributed by atoms with E-state index in [1.54, 1.807) is 0 Å². The van der Waals surface area contributed by atoms with Crippen LogP contribution in [0.4, 0.5) is 4.79 Å². The molecule has 1 aliphatic heterocycles. The minimum absolute atomic E-state index is 0.114. The van der Waals surface area contributed by atoms with Gasteiger partial charge in [0.2, 0.25) is 0 Å². The zero-order valence-corrected chi connectivity index (χ0v) is 15.6. The number of carbonyl (C=O) groups excluding carboxylic acids is 1. The van der Waals surface area contributed by atoms with E-state index in [9.17, 15) is 4.79 Å². The maximum Gasteiger partial charge on any atom is 0.408 e. The molecule has 1 amide bonds. The molecule has 0 radical (unpaired) electrons. The van der Waals surface area contributed by atoms with E-state index >= 15 is 0 Å². The second-order valence-corrected chi connectivity index (χ2v) is 8.59. The lowest BCUT2D eigenvalue weighted by Crippen LogP contribution is -2.61. The first-order valence-electron chi connectivity index (χ1n) is 9.12. The fraction of sp³-hybridized carbons (Fsp3) is 0.944. The SMILES string of the molecule is CC(NCC1(NC(=O)OC(C)(C)C)CCC1)C1CCCN(C)C1. The van der Waals surface area contributed by atoms with Crippen LogP contribution in [0.1, 0.15) is 59.8 Å². The Morgan fingerprint density at radius 2 is 2.04 bits per heavy atom. The number of carbonyl (C=O) groups is 1. The highest BCUT2D eigenvalue weighted by Gasteiger charge is 2.40. The van der Waals surface area contributed by atoms with Gasteiger partial charge in [-0.05, 0) is 79.3 Å². The number of rotatable bonds is 5. The third-order valence-corrected chi connectivity index (χ3v) is 5.21. The lowest BCUT2D eigenvalue weighted by molar-refractivity contribution is 0.0374. The zero-order chi connectivity index (χ0) is 17.1. The molecule has 2 atom stereocenters. The van der Waals surface area contributed by atoms with Gasteiger partial charge in [0.05, 0.1) is 5.54 Å². The maximum absolute atomic E-state index is 12.1. The van der Waals surface area contributed by atoms with Gasteiger partial charge in [-0.2, -0.15) is 0 Å². The van der Waals surface area contributed by atoms with E-state index in [4.69, 9.17) is 4.74 Å². The number of hydrogen-bond donors (Lipinski definition) is 2. The van der Waals surface area contributed by atoms with Crippen molar-refractivity contribution in [2.24, 2.45) is 5.92 Å². The number of nitrogens with zero attached hydrogens (tertiary/aromatic N) is 1. The molecule has 134 valence electrons. The van der Waals surface area contributed by atoms with Crippen molar-refractivity contribution in [3.05, 3.63) is 0 Å². The number of hydrogen-bond acceptors (Lipinski definition) is 4. The van der Waals surface area contributed by atoms with Gasteiger partial charge in [-0.3, -0.25) is 0 Å². The molecule has 2 aliphatic rings. The molecule has 2 N–H and O–H groups in total. The Morgan fingerprint density at radius 1 is 1.35 bits per heavy atom. The second kappa shape index (κ2) is 7.39. The normalized spacial score (nSPS) is 26.2. The van der Waals surface area contributed by atoms with Crippen LogP contribution in [0.2, 0.25) is 0 Å². The lowest BCUT2D eigenvalue weighted by atomic mass is 9.76. The summed E-state index contributed by atoms with van der Waals surface area (Å²) in [4.78, 5) is 14.5. The second-order valence-electron chi connectivity index (χ2n) is 8.59. The van der Waals surface area contributed by atoms with E-state index in [2.05, 4.69) is 29.5 Å². The fourth-order valence-corrected chi connectivity index (χ4v) is 3.61. The standard InChI is InChI=1S/C18H35N3O2/c1-14(15-8-6-11-21(5)12-15)19-13-18(9-7-10-18)20-16(22)23-17(2,3)4/h14-15,19H,6-13H2,1-5H3,(H,20,22). The van der Waals surface area contributed by atoms with Gasteiger partial charge in [-0.15, -0.1) is 0 Å². The van der Waals surface area contributed by atoms with Gasteiger partial charge in [0.15, 0.2) is 0 Å². The van der Waals surface area contributed by atoms with E-state index in [0.29, 0.717) is 12.0 Å². The Balaban J connectivity index is 1.80. The zero-order valence-electron chi connectivity index (χ0n) is 15.6. The number of ether oxygens (including phenoxy) is 1. The summed E-state index contributed by atoms with van der Waals surface area (Å²) in [7, 11) is 2.20. The van der Waals surface area contributed by atoms with Crippen LogP contribution >= 0.6 is 0 Å². The molecule has 2 rings (SSSR count). The van der Waals surface area contributed by atoms with Gasteiger partial charge in [-0.25, -0.2) is 4.79 Å². The van der Waals surface area contributed by atoms with Crippen LogP contribution in [0.3, 0.4) is 0 Å². The van der Waals surface area contributed by atoms with Gasteiger partial charge < -0.3 is 20.3 Å². The monoisotopic (exact) mass is 325 g/mol. The number of piperidine rings is 1. The van der Waals surface area contributed by atoms with Crippen LogP contribution in [0, 0.1) is 5.92 Å². The van der Waals surface area contributed by atoms with E-state index in [1.165, 1.54) is 32.4 Å². The van der Waals surface area contributed by atoms with Crippen molar-refractivity contribution in [3.63, 3.8) is 0 Å². The molecular weight excluding hydrogens is 290 g/mol. The van der Waals surface area contributed by atoms with Crippen LogP contribution < -0.4 is 10.6 Å². The predicted molar refractivity (Wildman–Crippen MR) is 93.6 cm³/mol. The largest absolute Gasteiger partial charge is 0.444 e. The summed E-state index contributed by atoms with van der Waals surface area (Å²) in [5.74, 6) is 0.701. The third kappa shape index (κ3) is 5.64. The molecule has 1 saturated carbocycles. The average molecular weight is 325 g/mol. The molecule has 0 bridgehead atoms. The molecule has 0 aromatic carbocycles. The third-order valence-electron chi connectivity index (χ3n) is 5.21. The number of nitrogens with one attached hydrogen (secondary N) is 2. The van der Waals surface area contributed by atoms with E-state index in [1.807, 2.05) is 20.8 Å². The summed E-state index contributed by atoms with van der Waals surface area (Å²) in [5, 5.41) is 6.81. The quantitative estimate of drug-likeness (QED) is 0.816. The molecule has 0 aromatic heterocycles. The summed E-state index contributed by atoms with van der Waals surface area (Å²) in [6.45, 7) is 11.2. The van der Waals surface area contributed by atoms with Gasteiger partial charge in [0.1, 0.15) is 5.60 Å². The Morgan fingerprint density at radius 3 is 2.57 bits per heavy atom.